The van der Waals surface area contributed by atoms with Gasteiger partial charge in [-0.05, 0) is 19.1 Å². The first kappa shape index (κ1) is 15.7. The number of nitrogens with zero attached hydrogens (tertiary/aromatic N) is 3. The van der Waals surface area contributed by atoms with Gasteiger partial charge in [-0.15, -0.1) is 0 Å². The zero-order valence-electron chi connectivity index (χ0n) is 12.3. The van der Waals surface area contributed by atoms with Crippen molar-refractivity contribution < 1.29 is 8.42 Å². The van der Waals surface area contributed by atoms with Crippen LogP contribution >= 0.6 is 0 Å². The number of hydrogen-bond donors (Lipinski definition) is 2. The molecule has 7 nitrogen and oxygen atoms in total. The highest BCUT2D eigenvalue weighted by atomic mass is 32.2. The minimum absolute atomic E-state index is 0.255. The lowest BCUT2D eigenvalue weighted by Gasteiger charge is -2.03. The molecule has 0 unspecified atom stereocenters. The van der Waals surface area contributed by atoms with Crippen LogP contribution in [0.25, 0.3) is 0 Å². The Labute approximate surface area is 124 Å². The van der Waals surface area contributed by atoms with E-state index >= 15 is 0 Å². The number of hydrogen-bond acceptors (Lipinski definition) is 4. The van der Waals surface area contributed by atoms with E-state index in [1.54, 1.807) is 16.9 Å². The first-order valence-corrected chi connectivity index (χ1v) is 8.32. The second kappa shape index (κ2) is 6.42. The average Bonchev–Trinajstić information content (AvgIpc) is 3.04. The molecule has 0 aromatic carbocycles. The minimum Gasteiger partial charge on any atom is -0.349 e. The van der Waals surface area contributed by atoms with Crippen LogP contribution in [0.3, 0.4) is 0 Å². The fourth-order valence-electron chi connectivity index (χ4n) is 2.13. The molecule has 0 radical (unpaired) electrons. The maximum absolute atomic E-state index is 12.2. The van der Waals surface area contributed by atoms with Crippen LogP contribution in [-0.2, 0) is 36.6 Å². The third-order valence-electron chi connectivity index (χ3n) is 3.26. The van der Waals surface area contributed by atoms with Crippen molar-refractivity contribution in [2.75, 3.05) is 6.54 Å². The number of nitrogens with one attached hydrogen (secondary N) is 1. The Morgan fingerprint density at radius 3 is 2.71 bits per heavy atom. The Morgan fingerprint density at radius 1 is 1.43 bits per heavy atom. The van der Waals surface area contributed by atoms with Crippen LogP contribution in [0.1, 0.15) is 18.3 Å². The summed E-state index contributed by atoms with van der Waals surface area (Å²) in [7, 11) is -1.68. The molecule has 0 fully saturated rings. The normalized spacial score (nSPS) is 12.0. The molecule has 0 bridgehead atoms. The quantitative estimate of drug-likeness (QED) is 0.765. The highest BCUT2D eigenvalue weighted by Crippen LogP contribution is 2.14. The van der Waals surface area contributed by atoms with Gasteiger partial charge in [0.25, 0.3) is 0 Å². The molecule has 2 aromatic heterocycles. The van der Waals surface area contributed by atoms with Crippen molar-refractivity contribution in [3.8, 4) is 0 Å². The van der Waals surface area contributed by atoms with Crippen molar-refractivity contribution >= 4 is 10.0 Å². The molecule has 8 heteroatoms. The van der Waals surface area contributed by atoms with Gasteiger partial charge in [-0.25, -0.2) is 13.1 Å². The van der Waals surface area contributed by atoms with Gasteiger partial charge >= 0.3 is 0 Å². The molecular weight excluding hydrogens is 290 g/mol. The van der Waals surface area contributed by atoms with Crippen LogP contribution in [0, 0.1) is 0 Å². The Hall–Kier alpha value is -1.64. The minimum atomic E-state index is -3.51. The van der Waals surface area contributed by atoms with Gasteiger partial charge in [0.15, 0.2) is 0 Å². The highest BCUT2D eigenvalue weighted by molar-refractivity contribution is 7.89. The second-order valence-electron chi connectivity index (χ2n) is 4.79. The van der Waals surface area contributed by atoms with Gasteiger partial charge < -0.3 is 10.3 Å². The maximum Gasteiger partial charge on any atom is 0.242 e. The lowest BCUT2D eigenvalue weighted by atomic mass is 10.3. The fourth-order valence-corrected chi connectivity index (χ4v) is 3.23. The standard InChI is InChI=1S/C13H21N5O2S/c1-3-18-10-13(8-12(18)9-14)21(19,20)15-6-4-11-5-7-17(2)16-11/h5,7-8,10,15H,3-4,6,9,14H2,1-2H3. The van der Waals surface area contributed by atoms with E-state index in [9.17, 15) is 8.42 Å². The Bertz CT molecular complexity index is 680. The molecule has 0 atom stereocenters. The van der Waals surface area contributed by atoms with E-state index in [0.717, 1.165) is 11.4 Å². The van der Waals surface area contributed by atoms with E-state index < -0.39 is 10.0 Å². The average molecular weight is 311 g/mol. The monoisotopic (exact) mass is 311 g/mol. The number of aromatic nitrogens is 3. The van der Waals surface area contributed by atoms with Gasteiger partial charge in [0.2, 0.25) is 10.0 Å². The first-order valence-electron chi connectivity index (χ1n) is 6.83. The molecular formula is C13H21N5O2S. The van der Waals surface area contributed by atoms with Crippen molar-refractivity contribution in [1.29, 1.82) is 0 Å². The molecule has 21 heavy (non-hydrogen) atoms. The second-order valence-corrected chi connectivity index (χ2v) is 6.55. The van der Waals surface area contributed by atoms with Gasteiger partial charge in [0.05, 0.1) is 10.6 Å². The molecule has 2 heterocycles. The molecule has 116 valence electrons. The first-order chi connectivity index (χ1) is 9.96. The van der Waals surface area contributed by atoms with Gasteiger partial charge in [-0.1, -0.05) is 0 Å². The summed E-state index contributed by atoms with van der Waals surface area (Å²) in [5.41, 5.74) is 7.28. The molecule has 0 aliphatic carbocycles. The number of aryl methyl sites for hydroxylation is 2. The van der Waals surface area contributed by atoms with Crippen LogP contribution in [0.5, 0.6) is 0 Å². The van der Waals surface area contributed by atoms with Crippen LogP contribution < -0.4 is 10.5 Å². The van der Waals surface area contributed by atoms with Crippen LogP contribution in [0.4, 0.5) is 0 Å². The Morgan fingerprint density at radius 2 is 2.19 bits per heavy atom. The van der Waals surface area contributed by atoms with Crippen molar-refractivity contribution in [1.82, 2.24) is 19.1 Å². The molecule has 2 rings (SSSR count). The zero-order valence-corrected chi connectivity index (χ0v) is 13.1. The third kappa shape index (κ3) is 3.72. The molecule has 0 saturated carbocycles. The van der Waals surface area contributed by atoms with E-state index in [1.165, 1.54) is 0 Å². The SMILES string of the molecule is CCn1cc(S(=O)(=O)NCCc2ccn(C)n2)cc1CN. The summed E-state index contributed by atoms with van der Waals surface area (Å²) in [4.78, 5) is 0.255. The van der Waals surface area contributed by atoms with Gasteiger partial charge in [-0.2, -0.15) is 5.10 Å². The topological polar surface area (TPSA) is 94.9 Å². The van der Waals surface area contributed by atoms with Crippen LogP contribution in [-0.4, -0.2) is 29.3 Å². The van der Waals surface area contributed by atoms with E-state index in [-0.39, 0.29) is 4.90 Å². The lowest BCUT2D eigenvalue weighted by Crippen LogP contribution is -2.25. The van der Waals surface area contributed by atoms with Crippen molar-refractivity contribution in [2.24, 2.45) is 12.8 Å². The summed E-state index contributed by atoms with van der Waals surface area (Å²) in [6.07, 6.45) is 4.00. The van der Waals surface area contributed by atoms with Gasteiger partial charge in [0.1, 0.15) is 0 Å². The maximum atomic E-state index is 12.2. The molecule has 0 amide bonds. The smallest absolute Gasteiger partial charge is 0.242 e. The van der Waals surface area contributed by atoms with E-state index in [2.05, 4.69) is 9.82 Å². The zero-order chi connectivity index (χ0) is 15.5. The van der Waals surface area contributed by atoms with Crippen LogP contribution in [0.15, 0.2) is 29.4 Å². The Balaban J connectivity index is 2.02. The lowest BCUT2D eigenvalue weighted by molar-refractivity contribution is 0.580. The summed E-state index contributed by atoms with van der Waals surface area (Å²) in [6.45, 7) is 3.27. The molecule has 0 spiro atoms. The van der Waals surface area contributed by atoms with Crippen molar-refractivity contribution in [2.45, 2.75) is 31.3 Å². The molecule has 2 aromatic rings. The summed E-state index contributed by atoms with van der Waals surface area (Å²) >= 11 is 0. The number of rotatable bonds is 7. The molecule has 0 aliphatic rings. The number of sulfonamides is 1. The molecule has 0 aliphatic heterocycles. The van der Waals surface area contributed by atoms with Gasteiger partial charge in [0, 0.05) is 51.2 Å². The predicted octanol–water partition coefficient (Wildman–Crippen LogP) is 0.221. The summed E-state index contributed by atoms with van der Waals surface area (Å²) < 4.78 is 30.6. The summed E-state index contributed by atoms with van der Waals surface area (Å²) in [5, 5.41) is 4.21. The van der Waals surface area contributed by atoms with Crippen LogP contribution in [0.2, 0.25) is 0 Å². The fraction of sp³-hybridized carbons (Fsp3) is 0.462. The predicted molar refractivity (Wildman–Crippen MR) is 80.1 cm³/mol. The third-order valence-corrected chi connectivity index (χ3v) is 4.69. The van der Waals surface area contributed by atoms with Crippen molar-refractivity contribution in [3.05, 3.63) is 35.9 Å². The number of nitrogens with two attached hydrogens (primary N) is 1. The van der Waals surface area contributed by atoms with E-state index in [4.69, 9.17) is 5.73 Å². The molecule has 0 saturated heterocycles. The largest absolute Gasteiger partial charge is 0.349 e. The van der Waals surface area contributed by atoms with E-state index in [0.29, 0.717) is 26.1 Å². The molecule has 3 N–H and O–H groups in total. The Kier molecular flexibility index (Phi) is 4.81. The van der Waals surface area contributed by atoms with E-state index in [1.807, 2.05) is 30.8 Å². The van der Waals surface area contributed by atoms with Gasteiger partial charge in [-0.3, -0.25) is 4.68 Å². The summed E-state index contributed by atoms with van der Waals surface area (Å²) in [6, 6.07) is 3.49. The highest BCUT2D eigenvalue weighted by Gasteiger charge is 2.17. The summed E-state index contributed by atoms with van der Waals surface area (Å²) in [5.74, 6) is 0. The van der Waals surface area contributed by atoms with Crippen molar-refractivity contribution in [3.63, 3.8) is 0 Å².